The van der Waals surface area contributed by atoms with Crippen molar-refractivity contribution in [1.29, 1.82) is 0 Å². The highest BCUT2D eigenvalue weighted by Gasteiger charge is 2.44. The zero-order valence-corrected chi connectivity index (χ0v) is 9.40. The molecule has 0 bridgehead atoms. The molecule has 0 aromatic carbocycles. The van der Waals surface area contributed by atoms with E-state index in [0.717, 1.165) is 24.7 Å². The minimum atomic E-state index is 0.00347. The second-order valence-electron chi connectivity index (χ2n) is 5.80. The third-order valence-electron chi connectivity index (χ3n) is 4.60. The van der Waals surface area contributed by atoms with Crippen molar-refractivity contribution in [2.45, 2.75) is 69.7 Å². The Hall–Kier alpha value is -0.0800. The van der Waals surface area contributed by atoms with Crippen molar-refractivity contribution < 1.29 is 9.84 Å². The molecule has 0 aromatic heterocycles. The van der Waals surface area contributed by atoms with Gasteiger partial charge in [0.25, 0.3) is 0 Å². The van der Waals surface area contributed by atoms with Crippen LogP contribution in [-0.2, 0) is 4.74 Å². The fourth-order valence-corrected chi connectivity index (χ4v) is 3.55. The van der Waals surface area contributed by atoms with Gasteiger partial charge in [-0.25, -0.2) is 0 Å². The van der Waals surface area contributed by atoms with Crippen LogP contribution in [-0.4, -0.2) is 23.4 Å². The lowest BCUT2D eigenvalue weighted by molar-refractivity contribution is 0.0992. The number of rotatable bonds is 2. The van der Waals surface area contributed by atoms with Crippen LogP contribution in [0.2, 0.25) is 0 Å². The third kappa shape index (κ3) is 2.36. The van der Waals surface area contributed by atoms with Gasteiger partial charge in [0.2, 0.25) is 0 Å². The first-order valence-corrected chi connectivity index (χ1v) is 6.65. The quantitative estimate of drug-likeness (QED) is 0.710. The Morgan fingerprint density at radius 1 is 0.867 bits per heavy atom. The fraction of sp³-hybridized carbons (Fsp3) is 1.00. The third-order valence-corrected chi connectivity index (χ3v) is 4.60. The van der Waals surface area contributed by atoms with Crippen molar-refractivity contribution in [2.24, 2.45) is 11.8 Å². The van der Waals surface area contributed by atoms with Crippen molar-refractivity contribution in [3.05, 3.63) is 0 Å². The molecule has 3 atom stereocenters. The number of aliphatic hydroxyl groups excluding tert-OH is 1. The van der Waals surface area contributed by atoms with E-state index in [4.69, 9.17) is 4.74 Å². The predicted molar refractivity (Wildman–Crippen MR) is 58.6 cm³/mol. The van der Waals surface area contributed by atoms with Crippen LogP contribution in [0.15, 0.2) is 0 Å². The molecule has 2 nitrogen and oxygen atoms in total. The lowest BCUT2D eigenvalue weighted by atomic mass is 9.77. The summed E-state index contributed by atoms with van der Waals surface area (Å²) in [6, 6.07) is 0. The highest BCUT2D eigenvalue weighted by atomic mass is 16.6. The summed E-state index contributed by atoms with van der Waals surface area (Å²) in [7, 11) is 0. The fourth-order valence-electron chi connectivity index (χ4n) is 3.55. The maximum atomic E-state index is 9.46. The molecule has 1 heterocycles. The molecule has 2 aliphatic carbocycles. The molecule has 0 radical (unpaired) electrons. The molecule has 15 heavy (non-hydrogen) atoms. The minimum Gasteiger partial charge on any atom is -0.393 e. The van der Waals surface area contributed by atoms with Crippen LogP contribution >= 0.6 is 0 Å². The molecule has 2 heteroatoms. The highest BCUT2D eigenvalue weighted by molar-refractivity contribution is 4.92. The van der Waals surface area contributed by atoms with Crippen LogP contribution in [0.25, 0.3) is 0 Å². The zero-order chi connectivity index (χ0) is 10.3. The molecular weight excluding hydrogens is 188 g/mol. The van der Waals surface area contributed by atoms with Gasteiger partial charge in [-0.1, -0.05) is 0 Å². The summed E-state index contributed by atoms with van der Waals surface area (Å²) in [5.74, 6) is 1.82. The first-order valence-electron chi connectivity index (χ1n) is 6.65. The lowest BCUT2D eigenvalue weighted by Gasteiger charge is -2.29. The molecular formula is C13H22O2. The van der Waals surface area contributed by atoms with E-state index in [2.05, 4.69) is 0 Å². The van der Waals surface area contributed by atoms with Crippen molar-refractivity contribution in [3.63, 3.8) is 0 Å². The summed E-state index contributed by atoms with van der Waals surface area (Å²) in [5.41, 5.74) is 0. The summed E-state index contributed by atoms with van der Waals surface area (Å²) in [4.78, 5) is 0. The normalized spacial score (nSPS) is 49.8. The Kier molecular flexibility index (Phi) is 2.73. The number of hydrogen-bond donors (Lipinski definition) is 1. The van der Waals surface area contributed by atoms with Crippen LogP contribution in [0.4, 0.5) is 0 Å². The molecule has 3 unspecified atom stereocenters. The summed E-state index contributed by atoms with van der Waals surface area (Å²) in [6.45, 7) is 0. The van der Waals surface area contributed by atoms with Gasteiger partial charge in [0.05, 0.1) is 18.3 Å². The Morgan fingerprint density at radius 3 is 2.33 bits per heavy atom. The van der Waals surface area contributed by atoms with E-state index in [1.807, 2.05) is 0 Å². The van der Waals surface area contributed by atoms with Gasteiger partial charge in [0.15, 0.2) is 0 Å². The summed E-state index contributed by atoms with van der Waals surface area (Å²) in [5, 5.41) is 9.46. The van der Waals surface area contributed by atoms with Crippen LogP contribution in [0.1, 0.15) is 51.4 Å². The van der Waals surface area contributed by atoms with E-state index in [1.165, 1.54) is 38.5 Å². The number of fused-ring (bicyclic) bond motifs is 1. The Morgan fingerprint density at radius 2 is 1.60 bits per heavy atom. The molecule has 3 rings (SSSR count). The summed E-state index contributed by atoms with van der Waals surface area (Å²) in [6.07, 6.45) is 11.3. The van der Waals surface area contributed by atoms with E-state index in [0.29, 0.717) is 12.2 Å². The van der Waals surface area contributed by atoms with Crippen LogP contribution < -0.4 is 0 Å². The maximum absolute atomic E-state index is 9.46. The smallest absolute Gasteiger partial charge is 0.0844 e. The number of ether oxygens (including phenoxy) is 1. The van der Waals surface area contributed by atoms with E-state index >= 15 is 0 Å². The largest absolute Gasteiger partial charge is 0.393 e. The molecule has 86 valence electrons. The minimum absolute atomic E-state index is 0.00347. The molecule has 1 N–H and O–H groups in total. The topological polar surface area (TPSA) is 32.8 Å². The molecule has 3 aliphatic rings. The lowest BCUT2D eigenvalue weighted by Crippen LogP contribution is -2.22. The van der Waals surface area contributed by atoms with Gasteiger partial charge in [0, 0.05) is 0 Å². The van der Waals surface area contributed by atoms with Gasteiger partial charge in [0.1, 0.15) is 0 Å². The maximum Gasteiger partial charge on any atom is 0.0844 e. The summed E-state index contributed by atoms with van der Waals surface area (Å²) < 4.78 is 5.57. The van der Waals surface area contributed by atoms with Crippen molar-refractivity contribution in [2.75, 3.05) is 0 Å². The Bertz CT molecular complexity index is 221. The van der Waals surface area contributed by atoms with E-state index in [1.54, 1.807) is 0 Å². The molecule has 0 aromatic rings. The standard InChI is InChI=1S/C13H22O2/c14-11-4-1-9(2-5-11)7-10-3-6-12-13(8-10)15-12/h9-14H,1-8H2. The van der Waals surface area contributed by atoms with E-state index in [9.17, 15) is 5.11 Å². The van der Waals surface area contributed by atoms with Gasteiger partial charge in [-0.05, 0) is 63.2 Å². The van der Waals surface area contributed by atoms with Crippen LogP contribution in [0.3, 0.4) is 0 Å². The van der Waals surface area contributed by atoms with Gasteiger partial charge in [-0.2, -0.15) is 0 Å². The molecule has 1 aliphatic heterocycles. The van der Waals surface area contributed by atoms with Crippen molar-refractivity contribution in [3.8, 4) is 0 Å². The Labute approximate surface area is 92.0 Å². The Balaban J connectivity index is 1.44. The van der Waals surface area contributed by atoms with Crippen molar-refractivity contribution >= 4 is 0 Å². The van der Waals surface area contributed by atoms with Gasteiger partial charge >= 0.3 is 0 Å². The molecule has 1 saturated heterocycles. The molecule has 0 amide bonds. The second-order valence-corrected chi connectivity index (χ2v) is 5.80. The van der Waals surface area contributed by atoms with Crippen LogP contribution in [0, 0.1) is 11.8 Å². The highest BCUT2D eigenvalue weighted by Crippen LogP contribution is 2.43. The van der Waals surface area contributed by atoms with Crippen LogP contribution in [0.5, 0.6) is 0 Å². The zero-order valence-electron chi connectivity index (χ0n) is 9.40. The average molecular weight is 210 g/mol. The number of aliphatic hydroxyl groups is 1. The number of hydrogen-bond acceptors (Lipinski definition) is 2. The van der Waals surface area contributed by atoms with Crippen molar-refractivity contribution in [1.82, 2.24) is 0 Å². The van der Waals surface area contributed by atoms with E-state index < -0.39 is 0 Å². The SMILES string of the molecule is OC1CCC(CC2CCC3OC3C2)CC1. The molecule has 2 saturated carbocycles. The molecule has 0 spiro atoms. The van der Waals surface area contributed by atoms with Gasteiger partial charge in [-0.15, -0.1) is 0 Å². The monoisotopic (exact) mass is 210 g/mol. The molecule has 3 fully saturated rings. The van der Waals surface area contributed by atoms with E-state index in [-0.39, 0.29) is 6.10 Å². The summed E-state index contributed by atoms with van der Waals surface area (Å²) >= 11 is 0. The second kappa shape index (κ2) is 4.06. The average Bonchev–Trinajstić information content (AvgIpc) is 3.00. The first kappa shape index (κ1) is 10.1. The van der Waals surface area contributed by atoms with Gasteiger partial charge < -0.3 is 9.84 Å². The first-order chi connectivity index (χ1) is 7.31. The predicted octanol–water partition coefficient (Wildman–Crippen LogP) is 2.50. The van der Waals surface area contributed by atoms with Gasteiger partial charge in [-0.3, -0.25) is 0 Å². The number of epoxide rings is 1.